The fourth-order valence-electron chi connectivity index (χ4n) is 6.23. The number of thiophene rings is 2. The van der Waals surface area contributed by atoms with Gasteiger partial charge in [-0.15, -0.1) is 22.7 Å². The maximum absolute atomic E-state index is 2.44. The highest BCUT2D eigenvalue weighted by Crippen LogP contribution is 2.42. The molecule has 0 amide bonds. The minimum absolute atomic E-state index is 1.25. The Kier molecular flexibility index (Phi) is 4.43. The Labute approximate surface area is 232 Å². The molecule has 6 aromatic carbocycles. The fourth-order valence-corrected chi connectivity index (χ4v) is 8.56. The number of aromatic nitrogens is 1. The van der Waals surface area contributed by atoms with Crippen LogP contribution in [-0.4, -0.2) is 4.57 Å². The van der Waals surface area contributed by atoms with Crippen molar-refractivity contribution in [2.75, 3.05) is 0 Å². The summed E-state index contributed by atoms with van der Waals surface area (Å²) in [4.78, 5) is 0. The molecule has 9 rings (SSSR count). The molecule has 3 heterocycles. The summed E-state index contributed by atoms with van der Waals surface area (Å²) in [5, 5.41) is 7.93. The molecule has 0 spiro atoms. The van der Waals surface area contributed by atoms with Crippen LogP contribution in [0.3, 0.4) is 0 Å². The molecule has 0 aliphatic heterocycles. The van der Waals surface area contributed by atoms with Crippen molar-refractivity contribution in [2.45, 2.75) is 0 Å². The molecule has 0 unspecified atom stereocenters. The van der Waals surface area contributed by atoms with Gasteiger partial charge in [0.1, 0.15) is 0 Å². The van der Waals surface area contributed by atoms with E-state index in [-0.39, 0.29) is 0 Å². The van der Waals surface area contributed by atoms with E-state index in [1.165, 1.54) is 79.0 Å². The molecule has 9 aromatic rings. The molecular weight excluding hydrogens is 511 g/mol. The molecule has 39 heavy (non-hydrogen) atoms. The van der Waals surface area contributed by atoms with E-state index >= 15 is 0 Å². The second kappa shape index (κ2) is 8.03. The van der Waals surface area contributed by atoms with Crippen LogP contribution in [0.1, 0.15) is 0 Å². The zero-order valence-corrected chi connectivity index (χ0v) is 22.5. The van der Waals surface area contributed by atoms with Gasteiger partial charge in [0.05, 0.1) is 21.4 Å². The van der Waals surface area contributed by atoms with E-state index in [1.807, 2.05) is 22.7 Å². The number of para-hydroxylation sites is 2. The molecule has 3 aromatic heterocycles. The van der Waals surface area contributed by atoms with E-state index in [1.54, 1.807) is 0 Å². The Balaban J connectivity index is 1.27. The normalized spacial score (nSPS) is 12.1. The summed E-state index contributed by atoms with van der Waals surface area (Å²) in [6, 6.07) is 46.9. The van der Waals surface area contributed by atoms with Gasteiger partial charge in [0.25, 0.3) is 0 Å². The molecule has 0 atom stereocenters. The molecule has 0 saturated heterocycles. The Morgan fingerprint density at radius 3 is 1.82 bits per heavy atom. The van der Waals surface area contributed by atoms with Crippen LogP contribution in [0.2, 0.25) is 0 Å². The molecular formula is C36H21NS2. The lowest BCUT2D eigenvalue weighted by molar-refractivity contribution is 1.20. The number of nitrogens with zero attached hydrogens (tertiary/aromatic N) is 1. The first-order valence-electron chi connectivity index (χ1n) is 13.2. The molecule has 0 saturated carbocycles. The maximum Gasteiger partial charge on any atom is 0.0640 e. The van der Waals surface area contributed by atoms with Crippen LogP contribution in [0.5, 0.6) is 0 Å². The van der Waals surface area contributed by atoms with Gasteiger partial charge in [-0.1, -0.05) is 84.9 Å². The summed E-state index contributed by atoms with van der Waals surface area (Å²) in [5.74, 6) is 0. The Morgan fingerprint density at radius 2 is 1.00 bits per heavy atom. The lowest BCUT2D eigenvalue weighted by Crippen LogP contribution is -1.93. The van der Waals surface area contributed by atoms with Crippen LogP contribution < -0.4 is 0 Å². The molecule has 0 fully saturated rings. The van der Waals surface area contributed by atoms with Crippen molar-refractivity contribution in [2.24, 2.45) is 0 Å². The van der Waals surface area contributed by atoms with Crippen LogP contribution in [-0.2, 0) is 0 Å². The highest BCUT2D eigenvalue weighted by Gasteiger charge is 2.16. The quantitative estimate of drug-likeness (QED) is 0.209. The molecule has 1 nitrogen and oxygen atoms in total. The van der Waals surface area contributed by atoms with Gasteiger partial charge >= 0.3 is 0 Å². The zero-order valence-electron chi connectivity index (χ0n) is 20.9. The summed E-state index contributed by atoms with van der Waals surface area (Å²) in [5.41, 5.74) is 6.29. The fraction of sp³-hybridized carbons (Fsp3) is 0. The van der Waals surface area contributed by atoms with Crippen LogP contribution >= 0.6 is 22.7 Å². The molecule has 182 valence electrons. The molecule has 0 aliphatic rings. The van der Waals surface area contributed by atoms with E-state index in [2.05, 4.69) is 132 Å². The predicted molar refractivity (Wildman–Crippen MR) is 172 cm³/mol. The molecule has 0 N–H and O–H groups in total. The minimum Gasteiger partial charge on any atom is -0.308 e. The summed E-state index contributed by atoms with van der Waals surface area (Å²) in [6.45, 7) is 0. The van der Waals surface area contributed by atoms with Gasteiger partial charge in [-0.25, -0.2) is 0 Å². The molecule has 0 radical (unpaired) electrons. The minimum atomic E-state index is 1.25. The van der Waals surface area contributed by atoms with E-state index in [0.29, 0.717) is 0 Å². The summed E-state index contributed by atoms with van der Waals surface area (Å²) < 4.78 is 7.79. The third-order valence-corrected chi connectivity index (χ3v) is 10.4. The van der Waals surface area contributed by atoms with Gasteiger partial charge < -0.3 is 4.57 Å². The lowest BCUT2D eigenvalue weighted by Gasteiger charge is -2.09. The predicted octanol–water partition coefficient (Wildman–Crippen LogP) is 11.2. The van der Waals surface area contributed by atoms with Crippen molar-refractivity contribution in [1.29, 1.82) is 0 Å². The highest BCUT2D eigenvalue weighted by molar-refractivity contribution is 7.26. The molecule has 3 heteroatoms. The number of hydrogen-bond acceptors (Lipinski definition) is 2. The van der Waals surface area contributed by atoms with Gasteiger partial charge in [-0.05, 0) is 53.6 Å². The number of fused-ring (bicyclic) bond motifs is 9. The summed E-state index contributed by atoms with van der Waals surface area (Å²) in [7, 11) is 0. The zero-order chi connectivity index (χ0) is 25.5. The first kappa shape index (κ1) is 21.5. The average molecular weight is 532 g/mol. The van der Waals surface area contributed by atoms with Crippen LogP contribution in [0.4, 0.5) is 0 Å². The van der Waals surface area contributed by atoms with Gasteiger partial charge in [0, 0.05) is 46.4 Å². The smallest absolute Gasteiger partial charge is 0.0640 e. The summed E-state index contributed by atoms with van der Waals surface area (Å²) in [6.07, 6.45) is 0. The van der Waals surface area contributed by atoms with E-state index in [4.69, 9.17) is 0 Å². The second-order valence-corrected chi connectivity index (χ2v) is 12.3. The highest BCUT2D eigenvalue weighted by atomic mass is 32.1. The molecule has 0 bridgehead atoms. The topological polar surface area (TPSA) is 4.93 Å². The monoisotopic (exact) mass is 531 g/mol. The lowest BCUT2D eigenvalue weighted by atomic mass is 10.0. The third-order valence-electron chi connectivity index (χ3n) is 8.01. The van der Waals surface area contributed by atoms with Crippen molar-refractivity contribution >= 4 is 84.8 Å². The number of benzene rings is 6. The Morgan fingerprint density at radius 1 is 0.385 bits per heavy atom. The first-order valence-corrected chi connectivity index (χ1v) is 14.8. The number of rotatable bonds is 2. The van der Waals surface area contributed by atoms with Crippen LogP contribution in [0.25, 0.3) is 79.0 Å². The SMILES string of the molecule is c1ccc2c(c1)sc1ccc(-c3ccc4c(c3)sc3c(-n5c6ccccc6c6ccccc65)cccc34)cc12. The van der Waals surface area contributed by atoms with Crippen molar-refractivity contribution in [1.82, 2.24) is 4.57 Å². The van der Waals surface area contributed by atoms with Gasteiger partial charge in [0.15, 0.2) is 0 Å². The third kappa shape index (κ3) is 3.06. The van der Waals surface area contributed by atoms with Gasteiger partial charge in [0.2, 0.25) is 0 Å². The van der Waals surface area contributed by atoms with Crippen LogP contribution in [0.15, 0.2) is 127 Å². The molecule has 0 aliphatic carbocycles. The maximum atomic E-state index is 2.44. The van der Waals surface area contributed by atoms with E-state index in [0.717, 1.165) is 0 Å². The standard InChI is InChI=1S/C36H21NS2/c1-4-12-30-24(8-1)25-9-2-5-13-31(25)37(30)32-14-7-11-28-27-18-16-23(21-35(27)39-36(28)32)22-17-19-34-29(20-22)26-10-3-6-15-33(26)38-34/h1-21H. The van der Waals surface area contributed by atoms with E-state index in [9.17, 15) is 0 Å². The van der Waals surface area contributed by atoms with Gasteiger partial charge in [-0.3, -0.25) is 0 Å². The number of hydrogen-bond donors (Lipinski definition) is 0. The van der Waals surface area contributed by atoms with E-state index < -0.39 is 0 Å². The van der Waals surface area contributed by atoms with Crippen molar-refractivity contribution in [3.63, 3.8) is 0 Å². The van der Waals surface area contributed by atoms with Crippen molar-refractivity contribution < 1.29 is 0 Å². The first-order chi connectivity index (χ1) is 19.3. The Hall–Kier alpha value is -4.44. The Bertz CT molecular complexity index is 2350. The van der Waals surface area contributed by atoms with Gasteiger partial charge in [-0.2, -0.15) is 0 Å². The van der Waals surface area contributed by atoms with Crippen molar-refractivity contribution in [3.05, 3.63) is 127 Å². The van der Waals surface area contributed by atoms with Crippen LogP contribution in [0, 0.1) is 0 Å². The largest absolute Gasteiger partial charge is 0.308 e. The second-order valence-electron chi connectivity index (χ2n) is 10.1. The average Bonchev–Trinajstić information content (AvgIpc) is 3.66. The summed E-state index contributed by atoms with van der Waals surface area (Å²) >= 11 is 3.77. The van der Waals surface area contributed by atoms with Crippen molar-refractivity contribution in [3.8, 4) is 16.8 Å².